The summed E-state index contributed by atoms with van der Waals surface area (Å²) in [5.41, 5.74) is 1.74. The van der Waals surface area contributed by atoms with E-state index in [1.54, 1.807) is 30.3 Å². The third kappa shape index (κ3) is 3.64. The second kappa shape index (κ2) is 6.62. The predicted octanol–water partition coefficient (Wildman–Crippen LogP) is 2.48. The Morgan fingerprint density at radius 3 is 2.38 bits per heavy atom. The molecule has 0 saturated carbocycles. The van der Waals surface area contributed by atoms with Gasteiger partial charge in [-0.1, -0.05) is 6.07 Å². The van der Waals surface area contributed by atoms with Crippen molar-refractivity contribution in [2.45, 2.75) is 13.2 Å². The van der Waals surface area contributed by atoms with Crippen molar-refractivity contribution in [3.8, 4) is 5.75 Å². The molecule has 1 N–H and O–H groups in total. The van der Waals surface area contributed by atoms with Crippen LogP contribution in [0.3, 0.4) is 0 Å². The van der Waals surface area contributed by atoms with Crippen LogP contribution < -0.4 is 4.74 Å². The Bertz CT molecular complexity index is 652. The van der Waals surface area contributed by atoms with E-state index in [0.717, 1.165) is 5.56 Å². The molecular weight excluding hydrogens is 274 g/mol. The number of nitrogens with zero attached hydrogens (tertiary/aromatic N) is 1. The maximum absolute atomic E-state index is 11.0. The van der Waals surface area contributed by atoms with Crippen molar-refractivity contribution >= 4 is 12.0 Å². The van der Waals surface area contributed by atoms with Crippen molar-refractivity contribution in [3.05, 3.63) is 69.3 Å². The molecule has 0 bridgehead atoms. The number of ether oxygens (including phenoxy) is 1. The molecule has 21 heavy (non-hydrogen) atoms. The van der Waals surface area contributed by atoms with E-state index < -0.39 is 4.92 Å². The summed E-state index contributed by atoms with van der Waals surface area (Å²) in [5, 5.41) is 19.6. The van der Waals surface area contributed by atoms with E-state index >= 15 is 0 Å². The molecule has 0 aliphatic carbocycles. The van der Waals surface area contributed by atoms with Gasteiger partial charge in [0.05, 0.1) is 17.1 Å². The number of non-ortho nitro benzene ring substituents is 1. The van der Waals surface area contributed by atoms with Crippen molar-refractivity contribution in [1.82, 2.24) is 0 Å². The molecule has 2 aromatic rings. The van der Waals surface area contributed by atoms with E-state index in [1.807, 2.05) is 0 Å². The molecule has 0 unspecified atom stereocenters. The molecule has 0 aliphatic rings. The summed E-state index contributed by atoms with van der Waals surface area (Å²) in [5.74, 6) is 0.403. The van der Waals surface area contributed by atoms with Gasteiger partial charge < -0.3 is 9.84 Å². The molecule has 2 aromatic carbocycles. The largest absolute Gasteiger partial charge is 0.488 e. The summed E-state index contributed by atoms with van der Waals surface area (Å²) in [6.07, 6.45) is 0.657. The second-order valence-corrected chi connectivity index (χ2v) is 4.36. The van der Waals surface area contributed by atoms with Gasteiger partial charge in [0.1, 0.15) is 12.4 Å². The minimum Gasteiger partial charge on any atom is -0.488 e. The van der Waals surface area contributed by atoms with Gasteiger partial charge in [-0.05, 0) is 35.4 Å². The number of carbonyl (C=O) groups is 1. The maximum Gasteiger partial charge on any atom is 0.269 e. The molecule has 0 aliphatic heterocycles. The Balaban J connectivity index is 2.09. The first kappa shape index (κ1) is 14.7. The summed E-state index contributed by atoms with van der Waals surface area (Å²) in [7, 11) is 0. The quantitative estimate of drug-likeness (QED) is 0.501. The third-order valence-electron chi connectivity index (χ3n) is 2.93. The van der Waals surface area contributed by atoms with Gasteiger partial charge in [0.2, 0.25) is 0 Å². The molecule has 2 rings (SSSR count). The highest BCUT2D eigenvalue weighted by Crippen LogP contribution is 2.20. The number of hydrogen-bond acceptors (Lipinski definition) is 5. The van der Waals surface area contributed by atoms with Gasteiger partial charge in [-0.25, -0.2) is 0 Å². The molecule has 0 amide bonds. The number of aliphatic hydroxyl groups is 1. The molecule has 0 spiro atoms. The fourth-order valence-electron chi connectivity index (χ4n) is 1.79. The summed E-state index contributed by atoms with van der Waals surface area (Å²) >= 11 is 0. The summed E-state index contributed by atoms with van der Waals surface area (Å²) in [4.78, 5) is 21.1. The van der Waals surface area contributed by atoms with E-state index in [9.17, 15) is 14.9 Å². The monoisotopic (exact) mass is 287 g/mol. The van der Waals surface area contributed by atoms with Crippen LogP contribution >= 0.6 is 0 Å². The first-order chi connectivity index (χ1) is 10.1. The van der Waals surface area contributed by atoms with E-state index in [1.165, 1.54) is 12.1 Å². The summed E-state index contributed by atoms with van der Waals surface area (Å²) < 4.78 is 5.53. The van der Waals surface area contributed by atoms with Crippen LogP contribution in [0, 0.1) is 10.1 Å². The third-order valence-corrected chi connectivity index (χ3v) is 2.93. The van der Waals surface area contributed by atoms with Crippen LogP contribution in [0.15, 0.2) is 42.5 Å². The van der Waals surface area contributed by atoms with Crippen LogP contribution in [0.2, 0.25) is 0 Å². The number of nitro groups is 1. The van der Waals surface area contributed by atoms with Gasteiger partial charge >= 0.3 is 0 Å². The zero-order valence-electron chi connectivity index (χ0n) is 11.1. The van der Waals surface area contributed by atoms with Crippen LogP contribution in [-0.2, 0) is 13.2 Å². The van der Waals surface area contributed by atoms with Gasteiger partial charge in [0, 0.05) is 12.1 Å². The fraction of sp³-hybridized carbons (Fsp3) is 0.133. The van der Waals surface area contributed by atoms with Crippen LogP contribution in [-0.4, -0.2) is 16.3 Å². The smallest absolute Gasteiger partial charge is 0.269 e. The molecule has 108 valence electrons. The number of hydrogen-bond donors (Lipinski definition) is 1. The Hall–Kier alpha value is -2.73. The lowest BCUT2D eigenvalue weighted by molar-refractivity contribution is -0.384. The normalized spacial score (nSPS) is 10.1. The minimum atomic E-state index is -0.469. The molecule has 0 aromatic heterocycles. The lowest BCUT2D eigenvalue weighted by Gasteiger charge is -2.09. The first-order valence-electron chi connectivity index (χ1n) is 6.19. The Morgan fingerprint density at radius 2 is 1.81 bits per heavy atom. The zero-order chi connectivity index (χ0) is 15.2. The number of aliphatic hydroxyl groups excluding tert-OH is 1. The number of rotatable bonds is 6. The van der Waals surface area contributed by atoms with Crippen molar-refractivity contribution in [2.75, 3.05) is 0 Å². The van der Waals surface area contributed by atoms with Crippen LogP contribution in [0.1, 0.15) is 21.5 Å². The Morgan fingerprint density at radius 1 is 1.14 bits per heavy atom. The molecule has 0 radical (unpaired) electrons. The summed E-state index contributed by atoms with van der Waals surface area (Å²) in [6.45, 7) is 0.0424. The molecule has 6 heteroatoms. The highest BCUT2D eigenvalue weighted by Gasteiger charge is 2.07. The van der Waals surface area contributed by atoms with Crippen molar-refractivity contribution in [1.29, 1.82) is 0 Å². The zero-order valence-corrected chi connectivity index (χ0v) is 11.1. The number of carbonyl (C=O) groups excluding carboxylic acids is 1. The topological polar surface area (TPSA) is 89.7 Å². The van der Waals surface area contributed by atoms with Crippen LogP contribution in [0.5, 0.6) is 5.75 Å². The molecule has 0 saturated heterocycles. The number of benzene rings is 2. The van der Waals surface area contributed by atoms with Gasteiger partial charge in [0.25, 0.3) is 5.69 Å². The Labute approximate surface area is 120 Å². The van der Waals surface area contributed by atoms with Crippen LogP contribution in [0.4, 0.5) is 5.69 Å². The van der Waals surface area contributed by atoms with Crippen molar-refractivity contribution in [2.24, 2.45) is 0 Å². The maximum atomic E-state index is 11.0. The van der Waals surface area contributed by atoms with Gasteiger partial charge in [-0.15, -0.1) is 0 Å². The van der Waals surface area contributed by atoms with Gasteiger partial charge in [-0.3, -0.25) is 14.9 Å². The van der Waals surface area contributed by atoms with Crippen molar-refractivity contribution < 1.29 is 19.6 Å². The minimum absolute atomic E-state index is 0.0135. The van der Waals surface area contributed by atoms with Crippen molar-refractivity contribution in [3.63, 3.8) is 0 Å². The average Bonchev–Trinajstić information content (AvgIpc) is 2.53. The molecule has 0 fully saturated rings. The summed E-state index contributed by atoms with van der Waals surface area (Å²) in [6, 6.07) is 10.8. The first-order valence-corrected chi connectivity index (χ1v) is 6.19. The average molecular weight is 287 g/mol. The van der Waals surface area contributed by atoms with E-state index in [-0.39, 0.29) is 18.9 Å². The van der Waals surface area contributed by atoms with Crippen LogP contribution in [0.25, 0.3) is 0 Å². The predicted molar refractivity (Wildman–Crippen MR) is 75.2 cm³/mol. The number of nitro benzene ring substituents is 1. The molecule has 0 atom stereocenters. The lowest BCUT2D eigenvalue weighted by Crippen LogP contribution is -1.99. The number of aldehydes is 1. The lowest BCUT2D eigenvalue weighted by atomic mass is 10.1. The highest BCUT2D eigenvalue weighted by atomic mass is 16.6. The second-order valence-electron chi connectivity index (χ2n) is 4.36. The van der Waals surface area contributed by atoms with E-state index in [4.69, 9.17) is 9.84 Å². The van der Waals surface area contributed by atoms with E-state index in [0.29, 0.717) is 23.2 Å². The molecular formula is C15H13NO5. The van der Waals surface area contributed by atoms with E-state index in [2.05, 4.69) is 0 Å². The SMILES string of the molecule is O=Cc1cc(CO)ccc1OCc1ccc([N+](=O)[O-])cc1. The fourth-order valence-corrected chi connectivity index (χ4v) is 1.79. The van der Waals surface area contributed by atoms with Gasteiger partial charge in [-0.2, -0.15) is 0 Å². The molecule has 6 nitrogen and oxygen atoms in total. The molecule has 0 heterocycles. The highest BCUT2D eigenvalue weighted by molar-refractivity contribution is 5.79. The van der Waals surface area contributed by atoms with Gasteiger partial charge in [0.15, 0.2) is 6.29 Å². The standard InChI is InChI=1S/C15H13NO5/c17-8-12-3-6-15(13(7-12)9-18)21-10-11-1-4-14(5-2-11)16(19)20/h1-7,9,17H,8,10H2. The Kier molecular flexibility index (Phi) is 4.63.